The van der Waals surface area contributed by atoms with Gasteiger partial charge in [0.2, 0.25) is 5.95 Å². The van der Waals surface area contributed by atoms with Crippen molar-refractivity contribution in [1.29, 1.82) is 0 Å². The van der Waals surface area contributed by atoms with Gasteiger partial charge < -0.3 is 4.98 Å². The number of H-pyrrole nitrogens is 1. The van der Waals surface area contributed by atoms with Gasteiger partial charge in [-0.1, -0.05) is 73.9 Å². The number of hydrogen-bond acceptors (Lipinski definition) is 2. The SMILES string of the molecule is C=C/C=C(\C=C)C(/C=N/c1nc2ccccc2[nH]1)c1ccccc1.[HH]. The van der Waals surface area contributed by atoms with Crippen LogP contribution < -0.4 is 0 Å². The molecule has 0 bridgehead atoms. The normalized spacial score (nSPS) is 13.2. The van der Waals surface area contributed by atoms with E-state index in [4.69, 9.17) is 0 Å². The number of aromatic nitrogens is 2. The lowest BCUT2D eigenvalue weighted by Gasteiger charge is -2.13. The third kappa shape index (κ3) is 3.41. The summed E-state index contributed by atoms with van der Waals surface area (Å²) in [5, 5.41) is 0. The van der Waals surface area contributed by atoms with Crippen molar-refractivity contribution in [3.63, 3.8) is 0 Å². The molecule has 0 saturated heterocycles. The molecule has 0 amide bonds. The molecule has 1 N–H and O–H groups in total. The van der Waals surface area contributed by atoms with Crippen molar-refractivity contribution in [2.45, 2.75) is 5.92 Å². The number of aromatic amines is 1. The van der Waals surface area contributed by atoms with Crippen molar-refractivity contribution >= 4 is 23.2 Å². The van der Waals surface area contributed by atoms with Gasteiger partial charge in [0, 0.05) is 13.6 Å². The summed E-state index contributed by atoms with van der Waals surface area (Å²) in [5.41, 5.74) is 4.07. The average molecular weight is 315 g/mol. The molecule has 0 aliphatic heterocycles. The highest BCUT2D eigenvalue weighted by atomic mass is 15.1. The molecule has 1 unspecified atom stereocenters. The smallest absolute Gasteiger partial charge is 0.227 e. The number of nitrogens with zero attached hydrogens (tertiary/aromatic N) is 2. The van der Waals surface area contributed by atoms with Crippen LogP contribution in [0.25, 0.3) is 11.0 Å². The lowest BCUT2D eigenvalue weighted by molar-refractivity contribution is 1.10. The molecular formula is C21H21N3. The summed E-state index contributed by atoms with van der Waals surface area (Å²) in [6.07, 6.45) is 7.45. The zero-order valence-corrected chi connectivity index (χ0v) is 13.4. The molecule has 3 aromatic rings. The Morgan fingerprint density at radius 3 is 2.54 bits per heavy atom. The summed E-state index contributed by atoms with van der Waals surface area (Å²) >= 11 is 0. The van der Waals surface area contributed by atoms with E-state index in [2.05, 4.69) is 40.3 Å². The van der Waals surface area contributed by atoms with Crippen LogP contribution >= 0.6 is 0 Å². The Balaban J connectivity index is 0.00000225. The molecule has 0 radical (unpaired) electrons. The van der Waals surface area contributed by atoms with Gasteiger partial charge in [-0.15, -0.1) is 0 Å². The molecule has 0 aliphatic rings. The van der Waals surface area contributed by atoms with E-state index in [-0.39, 0.29) is 7.34 Å². The number of hydrogen-bond donors (Lipinski definition) is 1. The fraction of sp³-hybridized carbons (Fsp3) is 0.0476. The Labute approximate surface area is 143 Å². The second kappa shape index (κ2) is 7.38. The minimum atomic E-state index is -0.00471. The first-order valence-corrected chi connectivity index (χ1v) is 7.80. The summed E-state index contributed by atoms with van der Waals surface area (Å²) in [6, 6.07) is 18.1. The van der Waals surface area contributed by atoms with Crippen LogP contribution in [-0.2, 0) is 0 Å². The molecule has 3 heteroatoms. The van der Waals surface area contributed by atoms with Crippen LogP contribution in [0.2, 0.25) is 0 Å². The highest BCUT2D eigenvalue weighted by molar-refractivity contribution is 5.80. The van der Waals surface area contributed by atoms with Crippen molar-refractivity contribution < 1.29 is 1.43 Å². The highest BCUT2D eigenvalue weighted by Gasteiger charge is 2.12. The first-order valence-electron chi connectivity index (χ1n) is 7.80. The van der Waals surface area contributed by atoms with Crippen LogP contribution in [0, 0.1) is 0 Å². The lowest BCUT2D eigenvalue weighted by Crippen LogP contribution is -2.02. The minimum Gasteiger partial charge on any atom is -0.322 e. The largest absolute Gasteiger partial charge is 0.322 e. The number of rotatable bonds is 6. The second-order valence-corrected chi connectivity index (χ2v) is 5.35. The van der Waals surface area contributed by atoms with E-state index in [0.717, 1.165) is 22.2 Å². The van der Waals surface area contributed by atoms with Gasteiger partial charge in [0.15, 0.2) is 0 Å². The Bertz CT molecular complexity index is 874. The molecular weight excluding hydrogens is 294 g/mol. The fourth-order valence-corrected chi connectivity index (χ4v) is 2.61. The number of allylic oxidation sites excluding steroid dienone is 4. The number of aliphatic imine (C=N–C) groups is 1. The monoisotopic (exact) mass is 315 g/mol. The predicted octanol–water partition coefficient (Wildman–Crippen LogP) is 5.59. The Morgan fingerprint density at radius 1 is 1.08 bits per heavy atom. The number of benzene rings is 2. The van der Waals surface area contributed by atoms with E-state index in [1.165, 1.54) is 0 Å². The average Bonchev–Trinajstić information content (AvgIpc) is 3.04. The lowest BCUT2D eigenvalue weighted by atomic mass is 9.92. The zero-order chi connectivity index (χ0) is 16.8. The maximum Gasteiger partial charge on any atom is 0.227 e. The van der Waals surface area contributed by atoms with Crippen molar-refractivity contribution in [3.8, 4) is 0 Å². The third-order valence-electron chi connectivity index (χ3n) is 3.79. The van der Waals surface area contributed by atoms with Crippen molar-refractivity contribution in [2.75, 3.05) is 0 Å². The van der Waals surface area contributed by atoms with Gasteiger partial charge in [-0.05, 0) is 23.3 Å². The molecule has 120 valence electrons. The van der Waals surface area contributed by atoms with E-state index < -0.39 is 0 Å². The van der Waals surface area contributed by atoms with Gasteiger partial charge in [0.25, 0.3) is 0 Å². The third-order valence-corrected chi connectivity index (χ3v) is 3.79. The number of para-hydroxylation sites is 2. The summed E-state index contributed by atoms with van der Waals surface area (Å²) in [5.74, 6) is 0.592. The second-order valence-electron chi connectivity index (χ2n) is 5.35. The van der Waals surface area contributed by atoms with Gasteiger partial charge in [-0.3, -0.25) is 0 Å². The van der Waals surface area contributed by atoms with Crippen molar-refractivity contribution in [3.05, 3.63) is 97.1 Å². The van der Waals surface area contributed by atoms with E-state index in [9.17, 15) is 0 Å². The number of nitrogens with one attached hydrogen (secondary N) is 1. The van der Waals surface area contributed by atoms with Crippen LogP contribution in [0.3, 0.4) is 0 Å². The van der Waals surface area contributed by atoms with Gasteiger partial charge in [-0.25, -0.2) is 9.98 Å². The van der Waals surface area contributed by atoms with E-state index in [1.54, 1.807) is 6.08 Å². The minimum absolute atomic E-state index is 0. The Hall–Kier alpha value is -3.20. The predicted molar refractivity (Wildman–Crippen MR) is 104 cm³/mol. The van der Waals surface area contributed by atoms with Crippen LogP contribution in [0.4, 0.5) is 5.95 Å². The van der Waals surface area contributed by atoms with Crippen LogP contribution in [0.5, 0.6) is 0 Å². The van der Waals surface area contributed by atoms with Crippen LogP contribution in [-0.4, -0.2) is 16.2 Å². The molecule has 1 aromatic heterocycles. The van der Waals surface area contributed by atoms with Crippen molar-refractivity contribution in [2.24, 2.45) is 4.99 Å². The molecule has 1 heterocycles. The molecule has 3 nitrogen and oxygen atoms in total. The van der Waals surface area contributed by atoms with Gasteiger partial charge in [-0.2, -0.15) is 0 Å². The van der Waals surface area contributed by atoms with E-state index >= 15 is 0 Å². The molecule has 1 atom stereocenters. The van der Waals surface area contributed by atoms with Crippen LogP contribution in [0.15, 0.2) is 96.5 Å². The van der Waals surface area contributed by atoms with E-state index in [0.29, 0.717) is 5.95 Å². The molecule has 24 heavy (non-hydrogen) atoms. The summed E-state index contributed by atoms with van der Waals surface area (Å²) in [6.45, 7) is 7.70. The summed E-state index contributed by atoms with van der Waals surface area (Å²) in [7, 11) is 0. The van der Waals surface area contributed by atoms with Gasteiger partial charge in [0.1, 0.15) is 0 Å². The number of fused-ring (bicyclic) bond motifs is 1. The zero-order valence-electron chi connectivity index (χ0n) is 13.4. The first kappa shape index (κ1) is 15.7. The Kier molecular flexibility index (Phi) is 4.82. The fourth-order valence-electron chi connectivity index (χ4n) is 2.61. The molecule has 2 aromatic carbocycles. The number of imidazole rings is 1. The van der Waals surface area contributed by atoms with E-state index in [1.807, 2.05) is 60.8 Å². The molecule has 0 aliphatic carbocycles. The topological polar surface area (TPSA) is 41.0 Å². The summed E-state index contributed by atoms with van der Waals surface area (Å²) in [4.78, 5) is 12.3. The van der Waals surface area contributed by atoms with Gasteiger partial charge >= 0.3 is 0 Å². The standard InChI is InChI=1S/C21H19N3.H2/c1-3-10-16(4-2)18(17-11-6-5-7-12-17)15-22-21-23-19-13-8-9-14-20(19)24-21;/h3-15,18H,1-2H2,(H,23,24);1H/b16-10+,22-15+;. The van der Waals surface area contributed by atoms with Gasteiger partial charge in [0.05, 0.1) is 11.0 Å². The molecule has 0 spiro atoms. The Morgan fingerprint density at radius 2 is 1.83 bits per heavy atom. The molecule has 3 rings (SSSR count). The van der Waals surface area contributed by atoms with Crippen LogP contribution in [0.1, 0.15) is 12.9 Å². The molecule has 0 saturated carbocycles. The highest BCUT2D eigenvalue weighted by Crippen LogP contribution is 2.25. The molecule has 0 fully saturated rings. The first-order chi connectivity index (χ1) is 11.8. The maximum atomic E-state index is 4.56. The summed E-state index contributed by atoms with van der Waals surface area (Å²) < 4.78 is 0. The quantitative estimate of drug-likeness (QED) is 0.467. The maximum absolute atomic E-state index is 4.56. The van der Waals surface area contributed by atoms with Crippen molar-refractivity contribution in [1.82, 2.24) is 9.97 Å².